The Bertz CT molecular complexity index is 739. The number of nitrogens with one attached hydrogen (secondary N) is 1. The van der Waals surface area contributed by atoms with E-state index in [1.165, 1.54) is 0 Å². The van der Waals surface area contributed by atoms with Gasteiger partial charge in [-0.15, -0.1) is 11.3 Å². The molecule has 0 bridgehead atoms. The molecule has 1 saturated heterocycles. The summed E-state index contributed by atoms with van der Waals surface area (Å²) in [6.07, 6.45) is 2.28. The van der Waals surface area contributed by atoms with Crippen LogP contribution in [0.25, 0.3) is 11.3 Å². The van der Waals surface area contributed by atoms with Gasteiger partial charge in [-0.1, -0.05) is 30.3 Å². The Kier molecular flexibility index (Phi) is 6.35. The van der Waals surface area contributed by atoms with Crippen LogP contribution in [-0.2, 0) is 16.0 Å². The van der Waals surface area contributed by atoms with Gasteiger partial charge >= 0.3 is 0 Å². The molecule has 2 heterocycles. The third kappa shape index (κ3) is 5.12. The van der Waals surface area contributed by atoms with Gasteiger partial charge < -0.3 is 11.1 Å². The number of likely N-dealkylation sites (tertiary alicyclic amines) is 1. The Labute approximate surface area is 157 Å². The summed E-state index contributed by atoms with van der Waals surface area (Å²) in [6.45, 7) is 2.37. The maximum atomic E-state index is 12.3. The number of hydrogen-bond donors (Lipinski definition) is 2. The van der Waals surface area contributed by atoms with Crippen molar-refractivity contribution in [2.24, 2.45) is 11.7 Å². The van der Waals surface area contributed by atoms with E-state index in [-0.39, 0.29) is 24.3 Å². The highest BCUT2D eigenvalue weighted by atomic mass is 32.1. The standard InChI is InChI=1S/C19H24N4O2S/c20-17(24)12-23-10-7-15(8-11-23)19(25)21-9-6-18-22-16(13-26-18)14-4-2-1-3-5-14/h1-5,13,15H,6-12H2,(H2,20,24)(H,21,25). The molecule has 2 amide bonds. The third-order valence-electron chi connectivity index (χ3n) is 4.60. The molecule has 0 unspecified atom stereocenters. The van der Waals surface area contributed by atoms with Crippen LogP contribution in [0.15, 0.2) is 35.7 Å². The Morgan fingerprint density at radius 3 is 2.65 bits per heavy atom. The molecule has 3 rings (SSSR count). The van der Waals surface area contributed by atoms with E-state index < -0.39 is 0 Å². The minimum absolute atomic E-state index is 0.0234. The number of amides is 2. The van der Waals surface area contributed by atoms with Crippen LogP contribution in [0.1, 0.15) is 17.8 Å². The molecule has 0 atom stereocenters. The molecule has 26 heavy (non-hydrogen) atoms. The van der Waals surface area contributed by atoms with Crippen molar-refractivity contribution in [1.82, 2.24) is 15.2 Å². The Morgan fingerprint density at radius 1 is 1.23 bits per heavy atom. The predicted molar refractivity (Wildman–Crippen MR) is 103 cm³/mol. The Hall–Kier alpha value is -2.25. The SMILES string of the molecule is NC(=O)CN1CCC(C(=O)NCCc2nc(-c3ccccc3)cs2)CC1. The number of aromatic nitrogens is 1. The number of nitrogens with two attached hydrogens (primary N) is 1. The van der Waals surface area contributed by atoms with Crippen LogP contribution in [0.3, 0.4) is 0 Å². The fourth-order valence-corrected chi connectivity index (χ4v) is 3.99. The van der Waals surface area contributed by atoms with Crippen molar-refractivity contribution < 1.29 is 9.59 Å². The lowest BCUT2D eigenvalue weighted by Gasteiger charge is -2.30. The third-order valence-corrected chi connectivity index (χ3v) is 5.51. The van der Waals surface area contributed by atoms with Gasteiger partial charge in [0.2, 0.25) is 11.8 Å². The highest BCUT2D eigenvalue weighted by molar-refractivity contribution is 7.09. The molecule has 0 aliphatic carbocycles. The number of benzene rings is 1. The molecule has 1 aliphatic rings. The summed E-state index contributed by atoms with van der Waals surface area (Å²) in [6, 6.07) is 10.1. The zero-order valence-electron chi connectivity index (χ0n) is 14.7. The van der Waals surface area contributed by atoms with Gasteiger partial charge in [0.25, 0.3) is 0 Å². The van der Waals surface area contributed by atoms with Gasteiger partial charge in [-0.3, -0.25) is 14.5 Å². The lowest BCUT2D eigenvalue weighted by Crippen LogP contribution is -2.43. The second kappa shape index (κ2) is 8.91. The number of primary amides is 1. The van der Waals surface area contributed by atoms with Gasteiger partial charge in [0, 0.05) is 29.8 Å². The smallest absolute Gasteiger partial charge is 0.231 e. The van der Waals surface area contributed by atoms with Gasteiger partial charge in [-0.05, 0) is 25.9 Å². The summed E-state index contributed by atoms with van der Waals surface area (Å²) in [4.78, 5) is 29.9. The summed E-state index contributed by atoms with van der Waals surface area (Å²) in [5.74, 6) is -0.190. The highest BCUT2D eigenvalue weighted by Crippen LogP contribution is 2.22. The average Bonchev–Trinajstić information content (AvgIpc) is 3.11. The van der Waals surface area contributed by atoms with Gasteiger partial charge in [0.15, 0.2) is 0 Å². The molecule has 0 radical (unpaired) electrons. The second-order valence-corrected chi connectivity index (χ2v) is 7.49. The van der Waals surface area contributed by atoms with Crippen molar-refractivity contribution in [2.75, 3.05) is 26.2 Å². The first-order valence-corrected chi connectivity index (χ1v) is 9.78. The van der Waals surface area contributed by atoms with Crippen LogP contribution in [0.5, 0.6) is 0 Å². The molecule has 1 aromatic carbocycles. The zero-order chi connectivity index (χ0) is 18.4. The van der Waals surface area contributed by atoms with Gasteiger partial charge in [0.05, 0.1) is 17.2 Å². The van der Waals surface area contributed by atoms with Gasteiger partial charge in [0.1, 0.15) is 0 Å². The second-order valence-electron chi connectivity index (χ2n) is 6.55. The van der Waals surface area contributed by atoms with E-state index in [4.69, 9.17) is 5.73 Å². The van der Waals surface area contributed by atoms with Crippen LogP contribution < -0.4 is 11.1 Å². The molecule has 2 aromatic rings. The number of hydrogen-bond acceptors (Lipinski definition) is 5. The first-order valence-electron chi connectivity index (χ1n) is 8.90. The number of carbonyl (C=O) groups is 2. The molecule has 7 heteroatoms. The molecule has 1 fully saturated rings. The molecule has 138 valence electrons. The van der Waals surface area contributed by atoms with Crippen molar-refractivity contribution in [3.05, 3.63) is 40.7 Å². The zero-order valence-corrected chi connectivity index (χ0v) is 15.5. The van der Waals surface area contributed by atoms with E-state index in [1.54, 1.807) is 11.3 Å². The number of thiazole rings is 1. The number of nitrogens with zero attached hydrogens (tertiary/aromatic N) is 2. The maximum Gasteiger partial charge on any atom is 0.231 e. The topological polar surface area (TPSA) is 88.3 Å². The largest absolute Gasteiger partial charge is 0.369 e. The lowest BCUT2D eigenvalue weighted by atomic mass is 9.96. The van der Waals surface area contributed by atoms with E-state index in [2.05, 4.69) is 15.7 Å². The number of rotatable bonds is 7. The molecule has 6 nitrogen and oxygen atoms in total. The minimum atomic E-state index is -0.314. The van der Waals surface area contributed by atoms with Crippen molar-refractivity contribution in [3.8, 4) is 11.3 Å². The summed E-state index contributed by atoms with van der Waals surface area (Å²) in [7, 11) is 0. The fraction of sp³-hybridized carbons (Fsp3) is 0.421. The van der Waals surface area contributed by atoms with Crippen LogP contribution in [0.2, 0.25) is 0 Å². The summed E-state index contributed by atoms with van der Waals surface area (Å²) in [5.41, 5.74) is 7.31. The summed E-state index contributed by atoms with van der Waals surface area (Å²) in [5, 5.41) is 6.11. The van der Waals surface area contributed by atoms with Crippen LogP contribution in [0.4, 0.5) is 0 Å². The van der Waals surface area contributed by atoms with Crippen LogP contribution in [0, 0.1) is 5.92 Å². The van der Waals surface area contributed by atoms with Gasteiger partial charge in [-0.2, -0.15) is 0 Å². The van der Waals surface area contributed by atoms with E-state index in [0.29, 0.717) is 6.54 Å². The molecular formula is C19H24N4O2S. The quantitative estimate of drug-likeness (QED) is 0.774. The Balaban J connectivity index is 1.41. The normalized spacial score (nSPS) is 15.7. The van der Waals surface area contributed by atoms with E-state index in [0.717, 1.165) is 48.6 Å². The average molecular weight is 372 g/mol. The maximum absolute atomic E-state index is 12.3. The monoisotopic (exact) mass is 372 g/mol. The summed E-state index contributed by atoms with van der Waals surface area (Å²) >= 11 is 1.62. The molecule has 1 aromatic heterocycles. The van der Waals surface area contributed by atoms with Crippen LogP contribution >= 0.6 is 11.3 Å². The molecular weight excluding hydrogens is 348 g/mol. The van der Waals surface area contributed by atoms with Crippen molar-refractivity contribution >= 4 is 23.2 Å². The van der Waals surface area contributed by atoms with Crippen molar-refractivity contribution in [2.45, 2.75) is 19.3 Å². The number of carbonyl (C=O) groups excluding carboxylic acids is 2. The fourth-order valence-electron chi connectivity index (χ4n) is 3.18. The first-order chi connectivity index (χ1) is 12.6. The van der Waals surface area contributed by atoms with Gasteiger partial charge in [-0.25, -0.2) is 4.98 Å². The Morgan fingerprint density at radius 2 is 1.96 bits per heavy atom. The molecule has 0 spiro atoms. The minimum Gasteiger partial charge on any atom is -0.369 e. The lowest BCUT2D eigenvalue weighted by molar-refractivity contribution is -0.126. The first kappa shape index (κ1) is 18.5. The van der Waals surface area contributed by atoms with Crippen LogP contribution in [-0.4, -0.2) is 47.9 Å². The van der Waals surface area contributed by atoms with E-state index >= 15 is 0 Å². The number of piperidine rings is 1. The molecule has 0 saturated carbocycles. The predicted octanol–water partition coefficient (Wildman–Crippen LogP) is 1.67. The molecule has 3 N–H and O–H groups in total. The van der Waals surface area contributed by atoms with E-state index in [1.807, 2.05) is 35.2 Å². The summed E-state index contributed by atoms with van der Waals surface area (Å²) < 4.78 is 0. The van der Waals surface area contributed by atoms with E-state index in [9.17, 15) is 9.59 Å². The molecule has 1 aliphatic heterocycles. The van der Waals surface area contributed by atoms with Crippen molar-refractivity contribution in [3.63, 3.8) is 0 Å². The highest BCUT2D eigenvalue weighted by Gasteiger charge is 2.25. The van der Waals surface area contributed by atoms with Crippen molar-refractivity contribution in [1.29, 1.82) is 0 Å².